The molecule has 1 aromatic rings. The van der Waals surface area contributed by atoms with Crippen LogP contribution in [0.15, 0.2) is 24.3 Å². The lowest BCUT2D eigenvalue weighted by atomic mass is 10.0. The highest BCUT2D eigenvalue weighted by molar-refractivity contribution is 5.96. The largest absolute Gasteiger partial charge is 0.366 e. The van der Waals surface area contributed by atoms with Crippen LogP contribution in [-0.4, -0.2) is 30.3 Å². The number of aryl methyl sites for hydroxylation is 1. The van der Waals surface area contributed by atoms with Gasteiger partial charge in [-0.15, -0.1) is 0 Å². The van der Waals surface area contributed by atoms with Crippen LogP contribution in [0, 0.1) is 6.92 Å². The van der Waals surface area contributed by atoms with Gasteiger partial charge in [-0.05, 0) is 36.6 Å². The molecule has 0 saturated carbocycles. The first-order chi connectivity index (χ1) is 11.5. The molecule has 0 spiro atoms. The summed E-state index contributed by atoms with van der Waals surface area (Å²) < 4.78 is 0. The van der Waals surface area contributed by atoms with Crippen LogP contribution in [0.2, 0.25) is 0 Å². The van der Waals surface area contributed by atoms with Crippen molar-refractivity contribution in [2.24, 2.45) is 5.73 Å². The molecule has 0 unspecified atom stereocenters. The Bertz CT molecular complexity index is 579. The number of hydrogen-bond donors (Lipinski definition) is 1. The third-order valence-electron chi connectivity index (χ3n) is 4.17. The molecule has 0 fully saturated rings. The number of primary amides is 1. The van der Waals surface area contributed by atoms with E-state index in [2.05, 4.69) is 6.92 Å². The van der Waals surface area contributed by atoms with Gasteiger partial charge in [0.1, 0.15) is 0 Å². The number of nitrogens with zero attached hydrogens (tertiary/aromatic N) is 1. The van der Waals surface area contributed by atoms with Crippen LogP contribution in [0.1, 0.15) is 66.9 Å². The normalized spacial score (nSPS) is 11.0. The molecule has 2 amide bonds. The molecule has 24 heavy (non-hydrogen) atoms. The third-order valence-corrected chi connectivity index (χ3v) is 4.17. The van der Waals surface area contributed by atoms with Gasteiger partial charge in [0.05, 0.1) is 0 Å². The van der Waals surface area contributed by atoms with Gasteiger partial charge in [-0.25, -0.2) is 0 Å². The minimum atomic E-state index is -0.450. The topological polar surface area (TPSA) is 63.4 Å². The van der Waals surface area contributed by atoms with Crippen molar-refractivity contribution in [3.63, 3.8) is 0 Å². The van der Waals surface area contributed by atoms with Gasteiger partial charge in [-0.3, -0.25) is 9.59 Å². The highest BCUT2D eigenvalue weighted by atomic mass is 16.2. The van der Waals surface area contributed by atoms with Crippen molar-refractivity contribution in [3.8, 4) is 0 Å². The maximum Gasteiger partial charge on any atom is 0.248 e. The number of carbonyl (C=O) groups excluding carboxylic acids is 2. The molecule has 0 saturated heterocycles. The number of likely N-dealkylation sites (N-methyl/N-ethyl adjacent to an activating group) is 1. The van der Waals surface area contributed by atoms with E-state index in [4.69, 9.17) is 5.73 Å². The van der Waals surface area contributed by atoms with Gasteiger partial charge >= 0.3 is 0 Å². The van der Waals surface area contributed by atoms with E-state index in [1.165, 1.54) is 32.1 Å². The maximum atomic E-state index is 12.1. The number of benzene rings is 1. The quantitative estimate of drug-likeness (QED) is 0.522. The SMILES string of the molecule is CCCCCCCCN(C)C(=O)C=Cc1ccc(C)c(C(N)=O)c1. The van der Waals surface area contributed by atoms with Crippen molar-refractivity contribution in [3.05, 3.63) is 41.0 Å². The first-order valence-electron chi connectivity index (χ1n) is 8.79. The fourth-order valence-electron chi connectivity index (χ4n) is 2.54. The van der Waals surface area contributed by atoms with E-state index in [0.717, 1.165) is 24.1 Å². The number of carbonyl (C=O) groups is 2. The lowest BCUT2D eigenvalue weighted by molar-refractivity contribution is -0.124. The summed E-state index contributed by atoms with van der Waals surface area (Å²) in [6.07, 6.45) is 10.5. The Morgan fingerprint density at radius 3 is 2.46 bits per heavy atom. The molecule has 0 atom stereocenters. The lowest BCUT2D eigenvalue weighted by Crippen LogP contribution is -2.25. The van der Waals surface area contributed by atoms with Gasteiger partial charge in [0.15, 0.2) is 0 Å². The van der Waals surface area contributed by atoms with Crippen LogP contribution in [0.5, 0.6) is 0 Å². The van der Waals surface area contributed by atoms with Crippen LogP contribution in [0.3, 0.4) is 0 Å². The molecule has 4 heteroatoms. The van der Waals surface area contributed by atoms with E-state index in [0.29, 0.717) is 5.56 Å². The molecule has 1 rings (SSSR count). The van der Waals surface area contributed by atoms with Crippen LogP contribution in [0.4, 0.5) is 0 Å². The Balaban J connectivity index is 2.47. The predicted octanol–water partition coefficient (Wildman–Crippen LogP) is 3.93. The van der Waals surface area contributed by atoms with Gasteiger partial charge in [0, 0.05) is 25.2 Å². The molecule has 0 aliphatic carbocycles. The van der Waals surface area contributed by atoms with Gasteiger partial charge < -0.3 is 10.6 Å². The third kappa shape index (κ3) is 6.99. The number of amides is 2. The average Bonchev–Trinajstić information content (AvgIpc) is 2.56. The second-order valence-electron chi connectivity index (χ2n) is 6.30. The average molecular weight is 330 g/mol. The minimum Gasteiger partial charge on any atom is -0.366 e. The summed E-state index contributed by atoms with van der Waals surface area (Å²) >= 11 is 0. The molecular weight excluding hydrogens is 300 g/mol. The lowest BCUT2D eigenvalue weighted by Gasteiger charge is -2.14. The smallest absolute Gasteiger partial charge is 0.248 e. The Morgan fingerprint density at radius 1 is 1.12 bits per heavy atom. The summed E-state index contributed by atoms with van der Waals surface area (Å²) in [6, 6.07) is 5.43. The van der Waals surface area contributed by atoms with Gasteiger partial charge in [-0.2, -0.15) is 0 Å². The Hall–Kier alpha value is -2.10. The van der Waals surface area contributed by atoms with Crippen molar-refractivity contribution >= 4 is 17.9 Å². The molecule has 2 N–H and O–H groups in total. The molecule has 0 aromatic heterocycles. The maximum absolute atomic E-state index is 12.1. The molecule has 0 aliphatic heterocycles. The van der Waals surface area contributed by atoms with E-state index < -0.39 is 5.91 Å². The first-order valence-corrected chi connectivity index (χ1v) is 8.79. The van der Waals surface area contributed by atoms with E-state index in [1.807, 2.05) is 26.1 Å². The summed E-state index contributed by atoms with van der Waals surface area (Å²) in [6.45, 7) is 4.82. The predicted molar refractivity (Wildman–Crippen MR) is 99.7 cm³/mol. The van der Waals surface area contributed by atoms with Crippen LogP contribution >= 0.6 is 0 Å². The molecule has 4 nitrogen and oxygen atoms in total. The second-order valence-corrected chi connectivity index (χ2v) is 6.30. The van der Waals surface area contributed by atoms with E-state index in [1.54, 1.807) is 23.1 Å². The Kier molecular flexibility index (Phi) is 8.84. The standard InChI is InChI=1S/C20H30N2O2/c1-4-5-6-7-8-9-14-22(3)19(23)13-12-17-11-10-16(2)18(15-17)20(21)24/h10-13,15H,4-9,14H2,1-3H3,(H2,21,24). The molecule has 132 valence electrons. The zero-order valence-electron chi connectivity index (χ0n) is 15.2. The van der Waals surface area contributed by atoms with Crippen molar-refractivity contribution in [1.29, 1.82) is 0 Å². The van der Waals surface area contributed by atoms with Crippen LogP contribution in [-0.2, 0) is 4.79 Å². The van der Waals surface area contributed by atoms with Gasteiger partial charge in [0.25, 0.3) is 0 Å². The number of rotatable bonds is 10. The summed E-state index contributed by atoms with van der Waals surface area (Å²) in [4.78, 5) is 25.2. The molecule has 0 heterocycles. The summed E-state index contributed by atoms with van der Waals surface area (Å²) in [5.41, 5.74) is 7.48. The van der Waals surface area contributed by atoms with Crippen molar-refractivity contribution in [2.45, 2.75) is 52.4 Å². The number of hydrogen-bond acceptors (Lipinski definition) is 2. The number of unbranched alkanes of at least 4 members (excludes halogenated alkanes) is 5. The second kappa shape index (κ2) is 10.6. The molecular formula is C20H30N2O2. The zero-order valence-corrected chi connectivity index (χ0v) is 15.2. The fourth-order valence-corrected chi connectivity index (χ4v) is 2.54. The van der Waals surface area contributed by atoms with Gasteiger partial charge in [0.2, 0.25) is 11.8 Å². The number of nitrogens with two attached hydrogens (primary N) is 1. The van der Waals surface area contributed by atoms with Crippen molar-refractivity contribution < 1.29 is 9.59 Å². The summed E-state index contributed by atoms with van der Waals surface area (Å²) in [5, 5.41) is 0. The summed E-state index contributed by atoms with van der Waals surface area (Å²) in [7, 11) is 1.82. The van der Waals surface area contributed by atoms with E-state index in [-0.39, 0.29) is 5.91 Å². The van der Waals surface area contributed by atoms with Crippen LogP contribution in [0.25, 0.3) is 6.08 Å². The van der Waals surface area contributed by atoms with E-state index in [9.17, 15) is 9.59 Å². The fraction of sp³-hybridized carbons (Fsp3) is 0.500. The van der Waals surface area contributed by atoms with Crippen LogP contribution < -0.4 is 5.73 Å². The molecule has 0 aliphatic rings. The Morgan fingerprint density at radius 2 is 1.79 bits per heavy atom. The first kappa shape index (κ1) is 19.9. The summed E-state index contributed by atoms with van der Waals surface area (Å²) in [5.74, 6) is -0.473. The molecule has 1 aromatic carbocycles. The van der Waals surface area contributed by atoms with E-state index >= 15 is 0 Å². The molecule has 0 radical (unpaired) electrons. The minimum absolute atomic E-state index is 0.0234. The Labute approximate surface area is 145 Å². The molecule has 0 bridgehead atoms. The van der Waals surface area contributed by atoms with Gasteiger partial charge in [-0.1, -0.05) is 51.2 Å². The van der Waals surface area contributed by atoms with Crippen molar-refractivity contribution in [1.82, 2.24) is 4.90 Å². The highest BCUT2D eigenvalue weighted by Crippen LogP contribution is 2.12. The van der Waals surface area contributed by atoms with Crippen molar-refractivity contribution in [2.75, 3.05) is 13.6 Å². The monoisotopic (exact) mass is 330 g/mol. The highest BCUT2D eigenvalue weighted by Gasteiger charge is 2.06. The zero-order chi connectivity index (χ0) is 17.9.